The lowest BCUT2D eigenvalue weighted by Crippen LogP contribution is -2.42. The molecule has 2 aromatic carbocycles. The van der Waals surface area contributed by atoms with Crippen LogP contribution in [0.4, 0.5) is 19.4 Å². The van der Waals surface area contributed by atoms with Crippen LogP contribution >= 0.6 is 0 Å². The summed E-state index contributed by atoms with van der Waals surface area (Å²) in [5, 5.41) is 15.1. The maximum Gasteiger partial charge on any atom is 0.320 e. The van der Waals surface area contributed by atoms with Gasteiger partial charge in [0, 0.05) is 57.0 Å². The van der Waals surface area contributed by atoms with Crippen LogP contribution in [0.5, 0.6) is 0 Å². The highest BCUT2D eigenvalue weighted by atomic mass is 19.1. The van der Waals surface area contributed by atoms with Gasteiger partial charge >= 0.3 is 6.03 Å². The number of benzene rings is 2. The second kappa shape index (κ2) is 11.3. The normalized spacial score (nSPS) is 17.5. The molecule has 3 heterocycles. The van der Waals surface area contributed by atoms with Crippen molar-refractivity contribution in [1.29, 1.82) is 0 Å². The molecule has 0 unspecified atom stereocenters. The Morgan fingerprint density at radius 3 is 2.41 bits per heavy atom. The lowest BCUT2D eigenvalue weighted by molar-refractivity contribution is 0.159. The van der Waals surface area contributed by atoms with Crippen LogP contribution in [0.1, 0.15) is 17.0 Å². The van der Waals surface area contributed by atoms with Crippen molar-refractivity contribution in [3.63, 3.8) is 0 Å². The van der Waals surface area contributed by atoms with Crippen LogP contribution in [-0.4, -0.2) is 69.9 Å². The molecule has 11 heteroatoms. The number of nitrogens with zero attached hydrogens (tertiary/aromatic N) is 5. The van der Waals surface area contributed by atoms with Crippen LogP contribution in [0.25, 0.3) is 16.9 Å². The molecule has 2 N–H and O–H groups in total. The van der Waals surface area contributed by atoms with E-state index < -0.39 is 6.03 Å². The number of rotatable bonds is 8. The number of nitrogens with one attached hydrogen (secondary N) is 2. The number of aromatic nitrogens is 4. The van der Waals surface area contributed by atoms with Crippen LogP contribution in [0.3, 0.4) is 0 Å². The fraction of sp³-hybridized carbons (Fsp3) is 0.321. The molecule has 2 atom stereocenters. The zero-order chi connectivity index (χ0) is 27.5. The van der Waals surface area contributed by atoms with E-state index in [1.165, 1.54) is 24.3 Å². The zero-order valence-corrected chi connectivity index (χ0v) is 22.1. The third-order valence-corrected chi connectivity index (χ3v) is 7.03. The molecule has 5 rings (SSSR count). The monoisotopic (exact) mass is 535 g/mol. The van der Waals surface area contributed by atoms with E-state index in [-0.39, 0.29) is 23.6 Å². The van der Waals surface area contributed by atoms with Crippen LogP contribution in [0.15, 0.2) is 60.9 Å². The maximum absolute atomic E-state index is 13.6. The number of likely N-dealkylation sites (tertiary alicyclic amines) is 1. The highest BCUT2D eigenvalue weighted by molar-refractivity contribution is 5.91. The van der Waals surface area contributed by atoms with Gasteiger partial charge in [-0.2, -0.15) is 10.2 Å². The number of anilines is 1. The number of urea groups is 1. The fourth-order valence-electron chi connectivity index (χ4n) is 5.02. The summed E-state index contributed by atoms with van der Waals surface area (Å²) in [6.45, 7) is 4.49. The fourth-order valence-corrected chi connectivity index (χ4v) is 5.02. The molecule has 1 aliphatic heterocycles. The Balaban J connectivity index is 1.42. The Hall–Kier alpha value is -4.09. The topological polar surface area (TPSA) is 89.2 Å². The Bertz CT molecular complexity index is 1430. The lowest BCUT2D eigenvalue weighted by atomic mass is 9.94. The first-order chi connectivity index (χ1) is 18.8. The molecule has 0 spiro atoms. The summed E-state index contributed by atoms with van der Waals surface area (Å²) in [6.07, 6.45) is 3.54. The third kappa shape index (κ3) is 5.84. The lowest BCUT2D eigenvalue weighted by Gasteiger charge is -2.21. The van der Waals surface area contributed by atoms with E-state index in [0.717, 1.165) is 23.2 Å². The van der Waals surface area contributed by atoms with E-state index in [1.807, 2.05) is 20.2 Å². The van der Waals surface area contributed by atoms with E-state index in [4.69, 9.17) is 9.84 Å². The van der Waals surface area contributed by atoms with Crippen molar-refractivity contribution in [2.75, 3.05) is 38.7 Å². The van der Waals surface area contributed by atoms with E-state index in [0.29, 0.717) is 36.9 Å². The second-order valence-corrected chi connectivity index (χ2v) is 9.73. The van der Waals surface area contributed by atoms with Gasteiger partial charge in [0.05, 0.1) is 24.5 Å². The van der Waals surface area contributed by atoms with Crippen molar-refractivity contribution in [2.45, 2.75) is 18.9 Å². The van der Waals surface area contributed by atoms with Gasteiger partial charge in [0.1, 0.15) is 23.1 Å². The molecule has 4 aromatic rings. The van der Waals surface area contributed by atoms with Crippen molar-refractivity contribution in [3.05, 3.63) is 83.7 Å². The largest absolute Gasteiger partial charge is 0.383 e. The van der Waals surface area contributed by atoms with E-state index in [2.05, 4.69) is 20.6 Å². The number of aryl methyl sites for hydroxylation is 1. The third-order valence-electron chi connectivity index (χ3n) is 7.03. The minimum Gasteiger partial charge on any atom is -0.383 e. The summed E-state index contributed by atoms with van der Waals surface area (Å²) < 4.78 is 35.7. The number of ether oxygens (including phenoxy) is 1. The predicted octanol–water partition coefficient (Wildman–Crippen LogP) is 4.10. The molecular formula is C28H31F2N7O2. The first kappa shape index (κ1) is 26.5. The van der Waals surface area contributed by atoms with Crippen molar-refractivity contribution in [3.8, 4) is 16.9 Å². The molecule has 0 aliphatic carbocycles. The zero-order valence-electron chi connectivity index (χ0n) is 22.1. The average molecular weight is 536 g/mol. The summed E-state index contributed by atoms with van der Waals surface area (Å²) in [7, 11) is 3.47. The number of hydrogen-bond acceptors (Lipinski definition) is 5. The quantitative estimate of drug-likeness (QED) is 0.355. The summed E-state index contributed by atoms with van der Waals surface area (Å²) in [5.74, 6) is -0.231. The maximum atomic E-state index is 13.6. The van der Waals surface area contributed by atoms with Crippen LogP contribution < -0.4 is 10.6 Å². The van der Waals surface area contributed by atoms with Crippen LogP contribution in [0.2, 0.25) is 0 Å². The highest BCUT2D eigenvalue weighted by Crippen LogP contribution is 2.31. The van der Waals surface area contributed by atoms with Gasteiger partial charge < -0.3 is 10.1 Å². The van der Waals surface area contributed by atoms with Crippen molar-refractivity contribution in [2.24, 2.45) is 7.05 Å². The Morgan fingerprint density at radius 2 is 1.77 bits per heavy atom. The molecule has 2 amide bonds. The number of carbonyl (C=O) groups is 1. The van der Waals surface area contributed by atoms with Crippen LogP contribution in [0, 0.1) is 18.6 Å². The molecule has 39 heavy (non-hydrogen) atoms. The molecule has 2 aromatic heterocycles. The minimum atomic E-state index is -0.398. The van der Waals surface area contributed by atoms with E-state index >= 15 is 0 Å². The van der Waals surface area contributed by atoms with Crippen molar-refractivity contribution >= 4 is 11.8 Å². The molecule has 9 nitrogen and oxygen atoms in total. The molecule has 1 aliphatic rings. The summed E-state index contributed by atoms with van der Waals surface area (Å²) in [4.78, 5) is 15.6. The van der Waals surface area contributed by atoms with Gasteiger partial charge in [-0.25, -0.2) is 18.3 Å². The summed E-state index contributed by atoms with van der Waals surface area (Å²) in [6, 6.07) is 11.7. The molecule has 0 radical (unpaired) electrons. The van der Waals surface area contributed by atoms with E-state index in [1.54, 1.807) is 46.9 Å². The van der Waals surface area contributed by atoms with Gasteiger partial charge in [-0.3, -0.25) is 14.9 Å². The van der Waals surface area contributed by atoms with E-state index in [9.17, 15) is 13.6 Å². The summed E-state index contributed by atoms with van der Waals surface area (Å²) >= 11 is 0. The Morgan fingerprint density at radius 1 is 1.08 bits per heavy atom. The number of hydrogen-bond donors (Lipinski definition) is 2. The van der Waals surface area contributed by atoms with Crippen molar-refractivity contribution < 1.29 is 18.3 Å². The predicted molar refractivity (Wildman–Crippen MR) is 144 cm³/mol. The highest BCUT2D eigenvalue weighted by Gasteiger charge is 2.35. The molecule has 1 fully saturated rings. The van der Waals surface area contributed by atoms with Gasteiger partial charge in [-0.05, 0) is 48.9 Å². The number of amides is 2. The number of methoxy groups -OCH3 is 1. The molecule has 0 bridgehead atoms. The van der Waals surface area contributed by atoms with Gasteiger partial charge in [0.25, 0.3) is 0 Å². The smallest absolute Gasteiger partial charge is 0.320 e. The van der Waals surface area contributed by atoms with Gasteiger partial charge in [-0.15, -0.1) is 0 Å². The minimum absolute atomic E-state index is 0.0257. The standard InChI is InChI=1S/C28H31F2N7O2/c1-18-26(20-14-31-35(2)15-20)34-37(23-10-8-22(30)9-11-23)27(18)33-28(38)32-25-17-36(12-13-39-3)16-24(25)19-4-6-21(29)7-5-19/h4-11,14-15,24-25H,12-13,16-17H2,1-3H3,(H2,32,33,38)/t24-,25+/m0/s1. The summed E-state index contributed by atoms with van der Waals surface area (Å²) in [5.41, 5.74) is 3.73. The second-order valence-electron chi connectivity index (χ2n) is 9.73. The first-order valence-corrected chi connectivity index (χ1v) is 12.7. The molecule has 204 valence electrons. The van der Waals surface area contributed by atoms with Gasteiger partial charge in [0.2, 0.25) is 0 Å². The molecule has 1 saturated heterocycles. The molecular weight excluding hydrogens is 504 g/mol. The van der Waals surface area contributed by atoms with Gasteiger partial charge in [-0.1, -0.05) is 12.1 Å². The SMILES string of the molecule is COCCN1C[C@@H](NC(=O)Nc2c(C)c(-c3cnn(C)c3)nn2-c2ccc(F)cc2)[C@H](c2ccc(F)cc2)C1. The number of carbonyl (C=O) groups excluding carboxylic acids is 1. The van der Waals surface area contributed by atoms with Gasteiger partial charge in [0.15, 0.2) is 0 Å². The van der Waals surface area contributed by atoms with Crippen LogP contribution in [-0.2, 0) is 11.8 Å². The van der Waals surface area contributed by atoms with Crippen molar-refractivity contribution in [1.82, 2.24) is 29.8 Å². The Kier molecular flexibility index (Phi) is 7.71. The Labute approximate surface area is 225 Å². The first-order valence-electron chi connectivity index (χ1n) is 12.7. The number of halogens is 2. The molecule has 0 saturated carbocycles. The average Bonchev–Trinajstić information content (AvgIpc) is 3.61.